The number of fused-ring (bicyclic) bond motifs is 7. The van der Waals surface area contributed by atoms with E-state index in [0.717, 1.165) is 36.5 Å². The zero-order valence-electron chi connectivity index (χ0n) is 24.1. The molecule has 5 aliphatic carbocycles. The van der Waals surface area contributed by atoms with Crippen molar-refractivity contribution in [1.29, 1.82) is 0 Å². The maximum absolute atomic E-state index is 13.5. The zero-order chi connectivity index (χ0) is 25.8. The summed E-state index contributed by atoms with van der Waals surface area (Å²) >= 11 is 0. The minimum absolute atomic E-state index is 0.0341. The van der Waals surface area contributed by atoms with Crippen molar-refractivity contribution in [2.24, 2.45) is 62.6 Å². The first-order valence-electron chi connectivity index (χ1n) is 14.8. The summed E-state index contributed by atoms with van der Waals surface area (Å²) in [5, 5.41) is 0. The number of rotatable bonds is 2. The van der Waals surface area contributed by atoms with Crippen molar-refractivity contribution in [2.45, 2.75) is 126 Å². The van der Waals surface area contributed by atoms with Gasteiger partial charge in [-0.1, -0.05) is 55.4 Å². The minimum Gasteiger partial charge on any atom is -0.455 e. The first kappa shape index (κ1) is 25.8. The number of carbonyl (C=O) groups excluding carboxylic acids is 2. The fourth-order valence-electron chi connectivity index (χ4n) is 12.0. The Morgan fingerprint density at radius 1 is 0.857 bits per heavy atom. The Kier molecular flexibility index (Phi) is 5.76. The molecule has 0 radical (unpaired) electrons. The van der Waals surface area contributed by atoms with Gasteiger partial charge in [0.05, 0.1) is 0 Å². The van der Waals surface area contributed by atoms with E-state index in [2.05, 4.69) is 55.4 Å². The summed E-state index contributed by atoms with van der Waals surface area (Å²) in [6, 6.07) is 0. The van der Waals surface area contributed by atoms with Crippen LogP contribution < -0.4 is 0 Å². The van der Waals surface area contributed by atoms with Gasteiger partial charge in [0, 0.05) is 12.3 Å². The molecule has 3 heteroatoms. The van der Waals surface area contributed by atoms with E-state index >= 15 is 0 Å². The number of esters is 1. The fourth-order valence-corrected chi connectivity index (χ4v) is 12.0. The van der Waals surface area contributed by atoms with Crippen molar-refractivity contribution >= 4 is 11.8 Å². The topological polar surface area (TPSA) is 43.4 Å². The normalized spacial score (nSPS) is 52.8. The molecular formula is C32H52O3. The van der Waals surface area contributed by atoms with Gasteiger partial charge in [-0.2, -0.15) is 0 Å². The highest BCUT2D eigenvalue weighted by Crippen LogP contribution is 2.77. The van der Waals surface area contributed by atoms with Gasteiger partial charge in [0.2, 0.25) is 0 Å². The summed E-state index contributed by atoms with van der Waals surface area (Å²) in [6.07, 6.45) is 10.7. The Bertz CT molecular complexity index is 904. The van der Waals surface area contributed by atoms with Gasteiger partial charge in [-0.15, -0.1) is 0 Å². The van der Waals surface area contributed by atoms with E-state index in [4.69, 9.17) is 4.74 Å². The lowest BCUT2D eigenvalue weighted by Gasteiger charge is -2.72. The quantitative estimate of drug-likeness (QED) is 0.375. The molecule has 198 valence electrons. The van der Waals surface area contributed by atoms with Crippen LogP contribution in [0.3, 0.4) is 0 Å². The molecule has 5 fully saturated rings. The highest BCUT2D eigenvalue weighted by molar-refractivity contribution is 5.91. The highest BCUT2D eigenvalue weighted by atomic mass is 16.5. The summed E-state index contributed by atoms with van der Waals surface area (Å²) in [5.74, 6) is 4.12. The van der Waals surface area contributed by atoms with Gasteiger partial charge >= 0.3 is 5.97 Å². The van der Waals surface area contributed by atoms with Gasteiger partial charge in [0.15, 0.2) is 11.9 Å². The maximum atomic E-state index is 13.5. The molecule has 0 unspecified atom stereocenters. The Hall–Kier alpha value is -0.860. The molecule has 0 spiro atoms. The van der Waals surface area contributed by atoms with Gasteiger partial charge in [-0.3, -0.25) is 9.59 Å². The van der Waals surface area contributed by atoms with Crippen LogP contribution in [0.2, 0.25) is 0 Å². The van der Waals surface area contributed by atoms with Crippen LogP contribution in [0.25, 0.3) is 0 Å². The van der Waals surface area contributed by atoms with E-state index < -0.39 is 11.5 Å². The van der Waals surface area contributed by atoms with Gasteiger partial charge < -0.3 is 4.74 Å². The molecule has 0 aromatic heterocycles. The lowest BCUT2D eigenvalue weighted by atomic mass is 9.32. The van der Waals surface area contributed by atoms with E-state index in [0.29, 0.717) is 22.7 Å². The molecule has 0 bridgehead atoms. The summed E-state index contributed by atoms with van der Waals surface area (Å²) in [4.78, 5) is 25.5. The summed E-state index contributed by atoms with van der Waals surface area (Å²) in [7, 11) is 0. The van der Waals surface area contributed by atoms with Crippen molar-refractivity contribution in [1.82, 2.24) is 0 Å². The van der Waals surface area contributed by atoms with Crippen molar-refractivity contribution in [3.05, 3.63) is 0 Å². The van der Waals surface area contributed by atoms with E-state index in [1.807, 2.05) is 0 Å². The van der Waals surface area contributed by atoms with Crippen molar-refractivity contribution in [3.63, 3.8) is 0 Å². The molecule has 5 aliphatic rings. The molecule has 0 aromatic rings. The van der Waals surface area contributed by atoms with Crippen LogP contribution in [0, 0.1) is 62.6 Å². The van der Waals surface area contributed by atoms with Crippen LogP contribution in [0.1, 0.15) is 120 Å². The second-order valence-corrected chi connectivity index (χ2v) is 15.7. The molecule has 5 rings (SSSR count). The molecule has 10 atom stereocenters. The predicted molar refractivity (Wildman–Crippen MR) is 141 cm³/mol. The summed E-state index contributed by atoms with van der Waals surface area (Å²) in [5.41, 5.74) is 0.763. The fraction of sp³-hybridized carbons (Fsp3) is 0.938. The Labute approximate surface area is 214 Å². The van der Waals surface area contributed by atoms with Crippen molar-refractivity contribution in [3.8, 4) is 0 Å². The average Bonchev–Trinajstić information content (AvgIpc) is 3.10. The van der Waals surface area contributed by atoms with Crippen LogP contribution in [0.4, 0.5) is 0 Å². The van der Waals surface area contributed by atoms with Gasteiger partial charge in [-0.05, 0) is 115 Å². The number of hydrogen-bond acceptors (Lipinski definition) is 3. The summed E-state index contributed by atoms with van der Waals surface area (Å²) in [6.45, 7) is 21.1. The number of ketones is 1. The zero-order valence-corrected chi connectivity index (χ0v) is 24.1. The Morgan fingerprint density at radius 3 is 2.17 bits per heavy atom. The number of hydrogen-bond donors (Lipinski definition) is 0. The van der Waals surface area contributed by atoms with Gasteiger partial charge in [0.25, 0.3) is 0 Å². The van der Waals surface area contributed by atoms with Crippen LogP contribution in [-0.2, 0) is 14.3 Å². The Balaban J connectivity index is 1.54. The predicted octanol–water partition coefficient (Wildman–Crippen LogP) is 7.85. The van der Waals surface area contributed by atoms with E-state index in [1.54, 1.807) is 0 Å². The molecule has 0 saturated heterocycles. The third kappa shape index (κ3) is 3.27. The van der Waals surface area contributed by atoms with Crippen LogP contribution in [0.5, 0.6) is 0 Å². The van der Waals surface area contributed by atoms with E-state index in [1.165, 1.54) is 51.9 Å². The molecule has 5 saturated carbocycles. The number of Topliss-reactive ketones (excluding diaryl/α,β-unsaturated/α-hetero) is 1. The van der Waals surface area contributed by atoms with Crippen LogP contribution >= 0.6 is 0 Å². The standard InChI is InChI=1S/C32H52O3/c1-19(2)21-12-14-29(6)16-17-31(8)22(26(21)29)10-11-25-30(7)18-23(35-20(3)33)27(34)28(4,5)24(30)13-15-32(25,31)9/h19,21-26H,10-18H2,1-9H3/t21-,22+,23+,24-,25-,26+,29+,30-,31+,32+/m0/s1. The SMILES string of the molecule is CC(=O)O[C@@H]1C[C@@]2(C)[C@@H](CC[C@]3(C)[C@H]2CC[C@@H]2[C@H]4[C@H](C(C)C)CC[C@]4(C)CC[C@]23C)C(C)(C)C1=O. The molecule has 0 heterocycles. The molecule has 35 heavy (non-hydrogen) atoms. The molecular weight excluding hydrogens is 432 g/mol. The second-order valence-electron chi connectivity index (χ2n) is 15.7. The van der Waals surface area contributed by atoms with Gasteiger partial charge in [-0.25, -0.2) is 0 Å². The monoisotopic (exact) mass is 484 g/mol. The van der Waals surface area contributed by atoms with E-state index in [9.17, 15) is 9.59 Å². The first-order valence-corrected chi connectivity index (χ1v) is 14.8. The van der Waals surface area contributed by atoms with E-state index in [-0.39, 0.29) is 22.6 Å². The third-order valence-corrected chi connectivity index (χ3v) is 13.8. The van der Waals surface area contributed by atoms with Crippen molar-refractivity contribution in [2.75, 3.05) is 0 Å². The number of carbonyl (C=O) groups is 2. The van der Waals surface area contributed by atoms with Crippen molar-refractivity contribution < 1.29 is 14.3 Å². The highest BCUT2D eigenvalue weighted by Gasteiger charge is 2.71. The molecule has 0 amide bonds. The summed E-state index contributed by atoms with van der Waals surface area (Å²) < 4.78 is 5.72. The molecule has 0 aliphatic heterocycles. The third-order valence-electron chi connectivity index (χ3n) is 13.8. The molecule has 0 N–H and O–H groups in total. The van der Waals surface area contributed by atoms with Crippen LogP contribution in [0.15, 0.2) is 0 Å². The van der Waals surface area contributed by atoms with Crippen LogP contribution in [-0.4, -0.2) is 17.9 Å². The lowest BCUT2D eigenvalue weighted by Crippen LogP contribution is -2.67. The Morgan fingerprint density at radius 2 is 1.54 bits per heavy atom. The number of ether oxygens (including phenoxy) is 1. The smallest absolute Gasteiger partial charge is 0.303 e. The largest absolute Gasteiger partial charge is 0.455 e. The molecule has 3 nitrogen and oxygen atoms in total. The average molecular weight is 485 g/mol. The van der Waals surface area contributed by atoms with Gasteiger partial charge in [0.1, 0.15) is 0 Å². The second kappa shape index (κ2) is 7.83. The lowest BCUT2D eigenvalue weighted by molar-refractivity contribution is -0.242. The maximum Gasteiger partial charge on any atom is 0.303 e. The first-order chi connectivity index (χ1) is 16.1. The minimum atomic E-state index is -0.577. The molecule has 0 aromatic carbocycles.